The number of aryl methyl sites for hydroxylation is 2. The van der Waals surface area contributed by atoms with Crippen LogP contribution in [-0.4, -0.2) is 52.1 Å². The zero-order valence-corrected chi connectivity index (χ0v) is 15.5. The van der Waals surface area contributed by atoms with E-state index < -0.39 is 0 Å². The van der Waals surface area contributed by atoms with E-state index in [-0.39, 0.29) is 5.60 Å². The Morgan fingerprint density at radius 1 is 1.32 bits per heavy atom. The summed E-state index contributed by atoms with van der Waals surface area (Å²) in [4.78, 5) is 10.7. The molecule has 1 spiro atoms. The average Bonchev–Trinajstić information content (AvgIpc) is 2.99. The second-order valence-corrected chi connectivity index (χ2v) is 8.15. The molecule has 1 atom stereocenters. The van der Waals surface area contributed by atoms with Gasteiger partial charge in [-0.3, -0.25) is 4.98 Å². The molecule has 0 bridgehead atoms. The van der Waals surface area contributed by atoms with Crippen molar-refractivity contribution in [3.63, 3.8) is 0 Å². The van der Waals surface area contributed by atoms with Gasteiger partial charge in [0.05, 0.1) is 31.6 Å². The van der Waals surface area contributed by atoms with Gasteiger partial charge in [0.25, 0.3) is 0 Å². The van der Waals surface area contributed by atoms with Crippen molar-refractivity contribution in [3.05, 3.63) is 23.1 Å². The van der Waals surface area contributed by atoms with Gasteiger partial charge >= 0.3 is 0 Å². The molecule has 2 aliphatic heterocycles. The Hall–Kier alpha value is -1.80. The lowest BCUT2D eigenvalue weighted by molar-refractivity contribution is -0.115. The van der Waals surface area contributed by atoms with Crippen LogP contribution in [0, 0.1) is 19.8 Å². The van der Waals surface area contributed by atoms with Crippen molar-refractivity contribution in [2.75, 3.05) is 31.2 Å². The van der Waals surface area contributed by atoms with Crippen LogP contribution in [0.5, 0.6) is 5.88 Å². The van der Waals surface area contributed by atoms with Gasteiger partial charge in [-0.15, -0.1) is 10.2 Å². The maximum Gasteiger partial charge on any atom is 0.232 e. The number of aromatic nitrogens is 4. The Morgan fingerprint density at radius 3 is 2.96 bits per heavy atom. The summed E-state index contributed by atoms with van der Waals surface area (Å²) in [5, 5.41) is 10.4. The third kappa shape index (κ3) is 3.74. The maximum atomic E-state index is 6.12. The summed E-state index contributed by atoms with van der Waals surface area (Å²) in [6.45, 7) is 7.26. The molecule has 2 aromatic rings. The molecule has 0 N–H and O–H groups in total. The van der Waals surface area contributed by atoms with Gasteiger partial charge in [0.15, 0.2) is 0 Å². The molecule has 4 rings (SSSR count). The minimum Gasteiger partial charge on any atom is -0.477 e. The van der Waals surface area contributed by atoms with E-state index in [4.69, 9.17) is 9.47 Å². The highest BCUT2D eigenvalue weighted by molar-refractivity contribution is 7.15. The number of anilines is 1. The van der Waals surface area contributed by atoms with E-state index >= 15 is 0 Å². The van der Waals surface area contributed by atoms with Crippen molar-refractivity contribution in [2.45, 2.75) is 38.7 Å². The Bertz CT molecular complexity index is 731. The SMILES string of the molecule is Cc1cncc(OCC[C@H]2CCOC3(C2)CN(c2nnc(C)s2)C3)n1. The molecule has 0 amide bonds. The third-order valence-electron chi connectivity index (χ3n) is 4.85. The Morgan fingerprint density at radius 2 is 2.20 bits per heavy atom. The van der Waals surface area contributed by atoms with E-state index in [9.17, 15) is 0 Å². The van der Waals surface area contributed by atoms with Crippen molar-refractivity contribution in [2.24, 2.45) is 5.92 Å². The van der Waals surface area contributed by atoms with Gasteiger partial charge in [-0.1, -0.05) is 11.3 Å². The van der Waals surface area contributed by atoms with E-state index in [1.807, 2.05) is 13.8 Å². The second-order valence-electron chi connectivity index (χ2n) is 6.99. The van der Waals surface area contributed by atoms with E-state index in [2.05, 4.69) is 25.1 Å². The molecule has 25 heavy (non-hydrogen) atoms. The van der Waals surface area contributed by atoms with Crippen LogP contribution < -0.4 is 9.64 Å². The molecule has 4 heterocycles. The number of ether oxygens (including phenoxy) is 2. The molecule has 2 aromatic heterocycles. The van der Waals surface area contributed by atoms with E-state index in [0.717, 1.165) is 54.8 Å². The minimum absolute atomic E-state index is 0.00830. The standard InChI is InChI=1S/C17H23N5O2S/c1-12-8-18-9-15(19-12)23-5-3-14-4-6-24-17(7-14)10-22(11-17)16-21-20-13(2)25-16/h8-9,14H,3-7,10-11H2,1-2H3/t14-/m0/s1. The molecule has 0 radical (unpaired) electrons. The van der Waals surface area contributed by atoms with Crippen LogP contribution in [0.15, 0.2) is 12.4 Å². The van der Waals surface area contributed by atoms with Gasteiger partial charge in [0.2, 0.25) is 11.0 Å². The van der Waals surface area contributed by atoms with Crippen LogP contribution in [0.4, 0.5) is 5.13 Å². The fourth-order valence-corrected chi connectivity index (χ4v) is 4.32. The molecule has 2 fully saturated rings. The number of hydrogen-bond acceptors (Lipinski definition) is 8. The summed E-state index contributed by atoms with van der Waals surface area (Å²) in [6.07, 6.45) is 6.62. The Kier molecular flexibility index (Phi) is 4.56. The zero-order chi connectivity index (χ0) is 17.3. The van der Waals surface area contributed by atoms with Crippen LogP contribution >= 0.6 is 11.3 Å². The summed E-state index contributed by atoms with van der Waals surface area (Å²) in [5.41, 5.74) is 0.870. The predicted octanol–water partition coefficient (Wildman–Crippen LogP) is 2.40. The molecule has 134 valence electrons. The van der Waals surface area contributed by atoms with E-state index in [1.54, 1.807) is 23.7 Å². The van der Waals surface area contributed by atoms with Crippen LogP contribution in [0.1, 0.15) is 30.0 Å². The van der Waals surface area contributed by atoms with Crippen LogP contribution in [0.3, 0.4) is 0 Å². The summed E-state index contributed by atoms with van der Waals surface area (Å²) < 4.78 is 11.9. The Balaban J connectivity index is 1.26. The summed E-state index contributed by atoms with van der Waals surface area (Å²) in [7, 11) is 0. The molecule has 8 heteroatoms. The van der Waals surface area contributed by atoms with Crippen LogP contribution in [0.25, 0.3) is 0 Å². The van der Waals surface area contributed by atoms with Crippen molar-refractivity contribution in [1.29, 1.82) is 0 Å². The smallest absolute Gasteiger partial charge is 0.232 e. The first-order valence-corrected chi connectivity index (χ1v) is 9.54. The number of nitrogens with zero attached hydrogens (tertiary/aromatic N) is 5. The maximum absolute atomic E-state index is 6.12. The number of rotatable bonds is 5. The lowest BCUT2D eigenvalue weighted by Gasteiger charge is -2.53. The summed E-state index contributed by atoms with van der Waals surface area (Å²) in [6, 6.07) is 0. The second kappa shape index (κ2) is 6.84. The first kappa shape index (κ1) is 16.7. The van der Waals surface area contributed by atoms with Gasteiger partial charge in [0, 0.05) is 12.8 Å². The topological polar surface area (TPSA) is 73.3 Å². The first-order chi connectivity index (χ1) is 12.1. The molecule has 2 aliphatic rings. The van der Waals surface area contributed by atoms with E-state index in [1.165, 1.54) is 0 Å². The highest BCUT2D eigenvalue weighted by Gasteiger charge is 2.48. The summed E-state index contributed by atoms with van der Waals surface area (Å²) >= 11 is 1.65. The first-order valence-electron chi connectivity index (χ1n) is 8.72. The fourth-order valence-electron chi connectivity index (χ4n) is 3.63. The zero-order valence-electron chi connectivity index (χ0n) is 14.6. The molecule has 2 saturated heterocycles. The predicted molar refractivity (Wildman–Crippen MR) is 95.1 cm³/mol. The van der Waals surface area contributed by atoms with Crippen molar-refractivity contribution < 1.29 is 9.47 Å². The number of hydrogen-bond donors (Lipinski definition) is 0. The molecule has 0 unspecified atom stereocenters. The van der Waals surface area contributed by atoms with Crippen molar-refractivity contribution in [3.8, 4) is 5.88 Å². The highest BCUT2D eigenvalue weighted by atomic mass is 32.1. The quantitative estimate of drug-likeness (QED) is 0.809. The van der Waals surface area contributed by atoms with Crippen LogP contribution in [0.2, 0.25) is 0 Å². The lowest BCUT2D eigenvalue weighted by Crippen LogP contribution is -2.65. The molecule has 0 saturated carbocycles. The molecule has 0 aromatic carbocycles. The van der Waals surface area contributed by atoms with Gasteiger partial charge in [0.1, 0.15) is 10.6 Å². The molecular formula is C17H23N5O2S. The van der Waals surface area contributed by atoms with Gasteiger partial charge < -0.3 is 14.4 Å². The van der Waals surface area contributed by atoms with E-state index in [0.29, 0.717) is 18.4 Å². The van der Waals surface area contributed by atoms with Gasteiger partial charge in [-0.2, -0.15) is 0 Å². The normalized spacial score (nSPS) is 22.0. The lowest BCUT2D eigenvalue weighted by atomic mass is 9.79. The molecule has 0 aliphatic carbocycles. The molecular weight excluding hydrogens is 338 g/mol. The average molecular weight is 361 g/mol. The largest absolute Gasteiger partial charge is 0.477 e. The van der Waals surface area contributed by atoms with Gasteiger partial charge in [-0.05, 0) is 39.0 Å². The summed E-state index contributed by atoms with van der Waals surface area (Å²) in [5.74, 6) is 1.24. The minimum atomic E-state index is -0.00830. The van der Waals surface area contributed by atoms with Gasteiger partial charge in [-0.25, -0.2) is 4.98 Å². The van der Waals surface area contributed by atoms with Crippen molar-refractivity contribution in [1.82, 2.24) is 20.2 Å². The molecule has 7 nitrogen and oxygen atoms in total. The fraction of sp³-hybridized carbons (Fsp3) is 0.647. The van der Waals surface area contributed by atoms with Crippen LogP contribution in [-0.2, 0) is 4.74 Å². The monoisotopic (exact) mass is 361 g/mol. The highest BCUT2D eigenvalue weighted by Crippen LogP contribution is 2.40. The Labute approximate surface area is 151 Å². The third-order valence-corrected chi connectivity index (χ3v) is 5.75. The van der Waals surface area contributed by atoms with Crippen molar-refractivity contribution >= 4 is 16.5 Å².